The molecule has 0 N–H and O–H groups in total. The van der Waals surface area contributed by atoms with Crippen LogP contribution in [0.25, 0.3) is 0 Å². The zero-order valence-corrected chi connectivity index (χ0v) is 13.1. The summed E-state index contributed by atoms with van der Waals surface area (Å²) in [6, 6.07) is 9.61. The maximum Gasteiger partial charge on any atom is 0.341 e. The monoisotopic (exact) mass is 284 g/mol. The predicted molar refractivity (Wildman–Crippen MR) is 83.2 cm³/mol. The highest BCUT2D eigenvalue weighted by Crippen LogP contribution is 2.32. The van der Waals surface area contributed by atoms with Gasteiger partial charge in [0.1, 0.15) is 17.1 Å². The van der Waals surface area contributed by atoms with Crippen molar-refractivity contribution in [3.05, 3.63) is 58.1 Å². The number of benzene rings is 2. The quantitative estimate of drug-likeness (QED) is 0.778. The van der Waals surface area contributed by atoms with Gasteiger partial charge in [0.05, 0.1) is 7.11 Å². The van der Waals surface area contributed by atoms with Crippen LogP contribution in [-0.2, 0) is 4.74 Å². The number of hydrogen-bond acceptors (Lipinski definition) is 3. The van der Waals surface area contributed by atoms with Gasteiger partial charge in [0.25, 0.3) is 0 Å². The Bertz CT molecular complexity index is 670. The van der Waals surface area contributed by atoms with Crippen LogP contribution < -0.4 is 4.74 Å². The lowest BCUT2D eigenvalue weighted by molar-refractivity contribution is 0.0597. The van der Waals surface area contributed by atoms with Crippen molar-refractivity contribution in [2.24, 2.45) is 0 Å². The average molecular weight is 284 g/mol. The highest BCUT2D eigenvalue weighted by molar-refractivity contribution is 5.94. The molecule has 0 aliphatic heterocycles. The summed E-state index contributed by atoms with van der Waals surface area (Å²) in [5, 5.41) is 0. The molecule has 0 atom stereocenters. The number of carbonyl (C=O) groups excluding carboxylic acids is 1. The van der Waals surface area contributed by atoms with Gasteiger partial charge in [-0.25, -0.2) is 4.79 Å². The molecule has 0 aliphatic carbocycles. The zero-order chi connectivity index (χ0) is 15.6. The Morgan fingerprint density at radius 2 is 1.57 bits per heavy atom. The van der Waals surface area contributed by atoms with Crippen LogP contribution >= 0.6 is 0 Å². The number of rotatable bonds is 3. The summed E-state index contributed by atoms with van der Waals surface area (Å²) in [6.45, 7) is 7.93. The molecule has 2 aromatic rings. The van der Waals surface area contributed by atoms with Gasteiger partial charge in [0.2, 0.25) is 0 Å². The zero-order valence-electron chi connectivity index (χ0n) is 13.1. The molecule has 0 fully saturated rings. The first kappa shape index (κ1) is 15.1. The Balaban J connectivity index is 2.51. The fourth-order valence-electron chi connectivity index (χ4n) is 2.21. The van der Waals surface area contributed by atoms with Crippen molar-refractivity contribution in [3.8, 4) is 11.5 Å². The smallest absolute Gasteiger partial charge is 0.341 e. The van der Waals surface area contributed by atoms with Crippen LogP contribution in [0.15, 0.2) is 30.3 Å². The fourth-order valence-corrected chi connectivity index (χ4v) is 2.21. The molecular weight excluding hydrogens is 264 g/mol. The van der Waals surface area contributed by atoms with Crippen molar-refractivity contribution < 1.29 is 14.3 Å². The predicted octanol–water partition coefficient (Wildman–Crippen LogP) is 4.50. The summed E-state index contributed by atoms with van der Waals surface area (Å²) >= 11 is 0. The first-order chi connectivity index (χ1) is 9.93. The molecule has 3 nitrogen and oxygen atoms in total. The Morgan fingerprint density at radius 1 is 0.952 bits per heavy atom. The Hall–Kier alpha value is -2.29. The van der Waals surface area contributed by atoms with Gasteiger partial charge in [-0.2, -0.15) is 0 Å². The van der Waals surface area contributed by atoms with E-state index in [1.54, 1.807) is 0 Å². The van der Waals surface area contributed by atoms with E-state index in [1.165, 1.54) is 7.11 Å². The molecule has 2 aromatic carbocycles. The van der Waals surface area contributed by atoms with E-state index in [1.807, 2.05) is 58.0 Å². The Kier molecular flexibility index (Phi) is 4.32. The molecule has 0 radical (unpaired) electrons. The van der Waals surface area contributed by atoms with Gasteiger partial charge in [-0.1, -0.05) is 17.7 Å². The van der Waals surface area contributed by atoms with Gasteiger partial charge in [-0.15, -0.1) is 0 Å². The van der Waals surface area contributed by atoms with Crippen molar-refractivity contribution in [2.75, 3.05) is 7.11 Å². The van der Waals surface area contributed by atoms with Gasteiger partial charge in [0, 0.05) is 0 Å². The minimum Gasteiger partial charge on any atom is -0.465 e. The SMILES string of the molecule is COC(=O)c1c(Oc2ccc(C)cc2)cc(C)c(C)c1C. The topological polar surface area (TPSA) is 35.5 Å². The van der Waals surface area contributed by atoms with E-state index < -0.39 is 0 Å². The van der Waals surface area contributed by atoms with E-state index >= 15 is 0 Å². The maximum atomic E-state index is 12.1. The second-order valence-electron chi connectivity index (χ2n) is 5.22. The first-order valence-corrected chi connectivity index (χ1v) is 6.87. The summed E-state index contributed by atoms with van der Waals surface area (Å²) in [7, 11) is 1.38. The van der Waals surface area contributed by atoms with Crippen molar-refractivity contribution in [1.82, 2.24) is 0 Å². The van der Waals surface area contributed by atoms with E-state index in [4.69, 9.17) is 9.47 Å². The van der Waals surface area contributed by atoms with Crippen LogP contribution in [0.2, 0.25) is 0 Å². The molecule has 0 saturated heterocycles. The van der Waals surface area contributed by atoms with Crippen molar-refractivity contribution in [1.29, 1.82) is 0 Å². The van der Waals surface area contributed by atoms with Crippen molar-refractivity contribution in [2.45, 2.75) is 27.7 Å². The summed E-state index contributed by atoms with van der Waals surface area (Å²) in [5.74, 6) is 0.859. The lowest BCUT2D eigenvalue weighted by Gasteiger charge is -2.16. The summed E-state index contributed by atoms with van der Waals surface area (Å²) in [4.78, 5) is 12.1. The van der Waals surface area contributed by atoms with E-state index in [0.717, 1.165) is 22.3 Å². The number of carbonyl (C=O) groups is 1. The molecule has 0 unspecified atom stereocenters. The van der Waals surface area contributed by atoms with Crippen LogP contribution in [0, 0.1) is 27.7 Å². The summed E-state index contributed by atoms with van der Waals surface area (Å²) in [5.41, 5.74) is 4.70. The molecule has 21 heavy (non-hydrogen) atoms. The van der Waals surface area contributed by atoms with Gasteiger partial charge in [-0.3, -0.25) is 0 Å². The van der Waals surface area contributed by atoms with E-state index in [0.29, 0.717) is 17.1 Å². The van der Waals surface area contributed by atoms with E-state index in [-0.39, 0.29) is 5.97 Å². The molecule has 110 valence electrons. The number of methoxy groups -OCH3 is 1. The number of hydrogen-bond donors (Lipinski definition) is 0. The van der Waals surface area contributed by atoms with Gasteiger partial charge < -0.3 is 9.47 Å². The number of ether oxygens (including phenoxy) is 2. The second kappa shape index (κ2) is 6.00. The molecule has 0 aromatic heterocycles. The van der Waals surface area contributed by atoms with Crippen LogP contribution in [0.3, 0.4) is 0 Å². The minimum atomic E-state index is -0.377. The van der Waals surface area contributed by atoms with Crippen LogP contribution in [-0.4, -0.2) is 13.1 Å². The third-order valence-corrected chi connectivity index (χ3v) is 3.76. The van der Waals surface area contributed by atoms with E-state index in [9.17, 15) is 4.79 Å². The Morgan fingerprint density at radius 3 is 2.14 bits per heavy atom. The molecule has 0 saturated carbocycles. The molecular formula is C18H20O3. The normalized spacial score (nSPS) is 10.3. The minimum absolute atomic E-state index is 0.377. The molecule has 3 heteroatoms. The lowest BCUT2D eigenvalue weighted by atomic mass is 9.97. The third-order valence-electron chi connectivity index (χ3n) is 3.76. The Labute approximate surface area is 125 Å². The molecule has 0 aliphatic rings. The summed E-state index contributed by atoms with van der Waals surface area (Å²) < 4.78 is 10.8. The molecule has 2 rings (SSSR count). The van der Waals surface area contributed by atoms with Crippen LogP contribution in [0.4, 0.5) is 0 Å². The third kappa shape index (κ3) is 3.07. The largest absolute Gasteiger partial charge is 0.465 e. The van der Waals surface area contributed by atoms with Crippen LogP contribution in [0.1, 0.15) is 32.6 Å². The highest BCUT2D eigenvalue weighted by atomic mass is 16.5. The number of aryl methyl sites for hydroxylation is 2. The van der Waals surface area contributed by atoms with Crippen LogP contribution in [0.5, 0.6) is 11.5 Å². The lowest BCUT2D eigenvalue weighted by Crippen LogP contribution is -2.08. The number of esters is 1. The standard InChI is InChI=1S/C18H20O3/c1-11-6-8-15(9-7-11)21-16-10-12(2)13(3)14(4)17(16)18(19)20-5/h6-10H,1-5H3. The first-order valence-electron chi connectivity index (χ1n) is 6.87. The summed E-state index contributed by atoms with van der Waals surface area (Å²) in [6.07, 6.45) is 0. The molecule has 0 spiro atoms. The molecule has 0 bridgehead atoms. The second-order valence-corrected chi connectivity index (χ2v) is 5.22. The van der Waals surface area contributed by atoms with Gasteiger partial charge >= 0.3 is 5.97 Å². The van der Waals surface area contributed by atoms with Gasteiger partial charge in [0.15, 0.2) is 0 Å². The fraction of sp³-hybridized carbons (Fsp3) is 0.278. The molecule has 0 amide bonds. The van der Waals surface area contributed by atoms with E-state index in [2.05, 4.69) is 0 Å². The van der Waals surface area contributed by atoms with Gasteiger partial charge in [-0.05, 0) is 62.6 Å². The highest BCUT2D eigenvalue weighted by Gasteiger charge is 2.19. The average Bonchev–Trinajstić information content (AvgIpc) is 2.47. The molecule has 0 heterocycles. The maximum absolute atomic E-state index is 12.1. The van der Waals surface area contributed by atoms with Crippen molar-refractivity contribution in [3.63, 3.8) is 0 Å². The van der Waals surface area contributed by atoms with Crippen molar-refractivity contribution >= 4 is 5.97 Å².